The van der Waals surface area contributed by atoms with E-state index in [1.807, 2.05) is 0 Å². The zero-order valence-electron chi connectivity index (χ0n) is 10.6. The highest BCUT2D eigenvalue weighted by molar-refractivity contribution is 6.42. The van der Waals surface area contributed by atoms with Gasteiger partial charge >= 0.3 is 5.97 Å². The lowest BCUT2D eigenvalue weighted by molar-refractivity contribution is -0.145. The van der Waals surface area contributed by atoms with Crippen molar-refractivity contribution >= 4 is 41.2 Å². The predicted octanol–water partition coefficient (Wildman–Crippen LogP) is 1.66. The van der Waals surface area contributed by atoms with Gasteiger partial charge in [-0.1, -0.05) is 29.3 Å². The molecular formula is C13H13Cl2NO4. The number of ether oxygens (including phenoxy) is 1. The van der Waals surface area contributed by atoms with E-state index >= 15 is 0 Å². The summed E-state index contributed by atoms with van der Waals surface area (Å²) >= 11 is 11.6. The lowest BCUT2D eigenvalue weighted by Gasteiger charge is -2.11. The summed E-state index contributed by atoms with van der Waals surface area (Å²) in [5.41, 5.74) is 0.674. The quantitative estimate of drug-likeness (QED) is 0.639. The van der Waals surface area contributed by atoms with Crippen LogP contribution in [-0.4, -0.2) is 36.7 Å². The van der Waals surface area contributed by atoms with Crippen LogP contribution in [0.1, 0.15) is 5.56 Å². The minimum absolute atomic E-state index is 0.372. The molecular weight excluding hydrogens is 305 g/mol. The summed E-state index contributed by atoms with van der Waals surface area (Å²) in [6, 6.07) is 3.79. The Balaban J connectivity index is 2.67. The van der Waals surface area contributed by atoms with E-state index < -0.39 is 24.5 Å². The molecule has 1 aromatic rings. The lowest BCUT2D eigenvalue weighted by atomic mass is 10.2. The van der Waals surface area contributed by atoms with Crippen LogP contribution in [0.2, 0.25) is 10.0 Å². The molecule has 1 rings (SSSR count). The number of rotatable bonds is 5. The molecule has 0 bridgehead atoms. The number of carbonyl (C=O) groups excluding carboxylic acids is 2. The van der Waals surface area contributed by atoms with Gasteiger partial charge in [0, 0.05) is 6.08 Å². The maximum atomic E-state index is 11.6. The third kappa shape index (κ3) is 4.85. The van der Waals surface area contributed by atoms with Gasteiger partial charge in [-0.3, -0.25) is 4.79 Å². The number of amides is 1. The molecule has 0 aliphatic heterocycles. The molecule has 0 saturated heterocycles. The molecule has 1 atom stereocenters. The smallest absolute Gasteiger partial charge is 0.330 e. The number of nitrogens with one attached hydrogen (secondary N) is 1. The molecule has 0 spiro atoms. The van der Waals surface area contributed by atoms with Crippen molar-refractivity contribution in [2.24, 2.45) is 0 Å². The molecule has 1 amide bonds. The van der Waals surface area contributed by atoms with Gasteiger partial charge in [-0.25, -0.2) is 4.79 Å². The van der Waals surface area contributed by atoms with Gasteiger partial charge < -0.3 is 15.2 Å². The number of aliphatic hydroxyl groups is 1. The Hall–Kier alpha value is -1.56. The van der Waals surface area contributed by atoms with E-state index in [4.69, 9.17) is 28.3 Å². The predicted molar refractivity (Wildman–Crippen MR) is 76.5 cm³/mol. The van der Waals surface area contributed by atoms with Crippen molar-refractivity contribution in [1.29, 1.82) is 0 Å². The highest BCUT2D eigenvalue weighted by Gasteiger charge is 2.18. The zero-order valence-corrected chi connectivity index (χ0v) is 12.1. The Bertz CT molecular complexity index is 531. The Morgan fingerprint density at radius 3 is 2.65 bits per heavy atom. The Labute approximate surface area is 126 Å². The first kappa shape index (κ1) is 16.5. The molecule has 0 unspecified atom stereocenters. The number of halogens is 2. The number of hydrogen-bond donors (Lipinski definition) is 2. The number of carbonyl (C=O) groups is 2. The fourth-order valence-electron chi connectivity index (χ4n) is 1.33. The summed E-state index contributed by atoms with van der Waals surface area (Å²) in [5.74, 6) is -1.26. The third-order valence-corrected chi connectivity index (χ3v) is 3.09. The average Bonchev–Trinajstić information content (AvgIpc) is 2.45. The zero-order chi connectivity index (χ0) is 15.1. The van der Waals surface area contributed by atoms with E-state index in [0.29, 0.717) is 15.6 Å². The second-order valence-electron chi connectivity index (χ2n) is 3.77. The van der Waals surface area contributed by atoms with Crippen LogP contribution in [0, 0.1) is 0 Å². The Kier molecular flexibility index (Phi) is 6.51. The van der Waals surface area contributed by atoms with Crippen molar-refractivity contribution < 1.29 is 19.4 Å². The highest BCUT2D eigenvalue weighted by atomic mass is 35.5. The van der Waals surface area contributed by atoms with Gasteiger partial charge in [-0.05, 0) is 23.8 Å². The Morgan fingerprint density at radius 2 is 2.10 bits per heavy atom. The lowest BCUT2D eigenvalue weighted by Crippen LogP contribution is -2.43. The first-order valence-electron chi connectivity index (χ1n) is 5.60. The SMILES string of the molecule is COC(=O)[C@H](CO)NC(=O)/C=C/c1ccc(Cl)c(Cl)c1. The van der Waals surface area contributed by atoms with Crippen LogP contribution in [-0.2, 0) is 14.3 Å². The van der Waals surface area contributed by atoms with E-state index in [0.717, 1.165) is 0 Å². The molecule has 0 aromatic heterocycles. The molecule has 7 heteroatoms. The van der Waals surface area contributed by atoms with Crippen molar-refractivity contribution in [1.82, 2.24) is 5.32 Å². The van der Waals surface area contributed by atoms with E-state index in [-0.39, 0.29) is 0 Å². The fourth-order valence-corrected chi connectivity index (χ4v) is 1.64. The van der Waals surface area contributed by atoms with Crippen LogP contribution in [0.15, 0.2) is 24.3 Å². The molecule has 1 aromatic carbocycles. The van der Waals surface area contributed by atoms with E-state index in [1.165, 1.54) is 19.3 Å². The average molecular weight is 318 g/mol. The topological polar surface area (TPSA) is 75.6 Å². The molecule has 0 aliphatic carbocycles. The fraction of sp³-hybridized carbons (Fsp3) is 0.231. The van der Waals surface area contributed by atoms with E-state index in [1.54, 1.807) is 18.2 Å². The minimum atomic E-state index is -1.09. The largest absolute Gasteiger partial charge is 0.467 e. The van der Waals surface area contributed by atoms with Gasteiger partial charge in [0.05, 0.1) is 23.8 Å². The maximum absolute atomic E-state index is 11.6. The third-order valence-electron chi connectivity index (χ3n) is 2.36. The summed E-state index contributed by atoms with van der Waals surface area (Å²) in [6.45, 7) is -0.543. The first-order valence-corrected chi connectivity index (χ1v) is 6.36. The van der Waals surface area contributed by atoms with Crippen molar-refractivity contribution in [3.8, 4) is 0 Å². The normalized spacial score (nSPS) is 12.2. The van der Waals surface area contributed by atoms with Crippen LogP contribution >= 0.6 is 23.2 Å². The Morgan fingerprint density at radius 1 is 1.40 bits per heavy atom. The molecule has 20 heavy (non-hydrogen) atoms. The van der Waals surface area contributed by atoms with Gasteiger partial charge in [0.25, 0.3) is 0 Å². The van der Waals surface area contributed by atoms with Gasteiger partial charge in [-0.2, -0.15) is 0 Å². The number of aliphatic hydroxyl groups excluding tert-OH is 1. The van der Waals surface area contributed by atoms with Crippen LogP contribution in [0.3, 0.4) is 0 Å². The standard InChI is InChI=1S/C13H13Cl2NO4/c1-20-13(19)11(7-17)16-12(18)5-3-8-2-4-9(14)10(15)6-8/h2-6,11,17H,7H2,1H3,(H,16,18)/b5-3+/t11-/m0/s1. The molecule has 0 fully saturated rings. The van der Waals surface area contributed by atoms with E-state index in [2.05, 4.69) is 10.1 Å². The minimum Gasteiger partial charge on any atom is -0.467 e. The van der Waals surface area contributed by atoms with Crippen LogP contribution in [0.5, 0.6) is 0 Å². The van der Waals surface area contributed by atoms with Gasteiger partial charge in [0.1, 0.15) is 0 Å². The van der Waals surface area contributed by atoms with E-state index in [9.17, 15) is 9.59 Å². The van der Waals surface area contributed by atoms with Crippen LogP contribution in [0.25, 0.3) is 6.08 Å². The molecule has 2 N–H and O–H groups in total. The highest BCUT2D eigenvalue weighted by Crippen LogP contribution is 2.22. The summed E-state index contributed by atoms with van der Waals surface area (Å²) in [5, 5.41) is 12.0. The summed E-state index contributed by atoms with van der Waals surface area (Å²) < 4.78 is 4.43. The van der Waals surface area contributed by atoms with Crippen molar-refractivity contribution in [2.75, 3.05) is 13.7 Å². The van der Waals surface area contributed by atoms with Gasteiger partial charge in [-0.15, -0.1) is 0 Å². The van der Waals surface area contributed by atoms with Crippen molar-refractivity contribution in [3.63, 3.8) is 0 Å². The van der Waals surface area contributed by atoms with Gasteiger partial charge in [0.15, 0.2) is 6.04 Å². The summed E-state index contributed by atoms with van der Waals surface area (Å²) in [4.78, 5) is 22.8. The second kappa shape index (κ2) is 7.89. The summed E-state index contributed by atoms with van der Waals surface area (Å²) in [7, 11) is 1.17. The molecule has 0 saturated carbocycles. The molecule has 108 valence electrons. The van der Waals surface area contributed by atoms with Gasteiger partial charge in [0.2, 0.25) is 5.91 Å². The second-order valence-corrected chi connectivity index (χ2v) is 4.59. The van der Waals surface area contributed by atoms with Crippen LogP contribution in [0.4, 0.5) is 0 Å². The van der Waals surface area contributed by atoms with Crippen molar-refractivity contribution in [2.45, 2.75) is 6.04 Å². The maximum Gasteiger partial charge on any atom is 0.330 e. The van der Waals surface area contributed by atoms with Crippen molar-refractivity contribution in [3.05, 3.63) is 39.9 Å². The number of hydrogen-bond acceptors (Lipinski definition) is 4. The summed E-state index contributed by atoms with van der Waals surface area (Å²) in [6.07, 6.45) is 2.72. The first-order chi connectivity index (χ1) is 9.47. The number of esters is 1. The van der Waals surface area contributed by atoms with Crippen LogP contribution < -0.4 is 5.32 Å². The number of methoxy groups -OCH3 is 1. The molecule has 5 nitrogen and oxygen atoms in total. The molecule has 0 radical (unpaired) electrons. The monoisotopic (exact) mass is 317 g/mol. The molecule has 0 aliphatic rings. The number of benzene rings is 1. The molecule has 0 heterocycles.